The van der Waals surface area contributed by atoms with Crippen LogP contribution in [0.2, 0.25) is 0 Å². The molecule has 130 valence electrons. The Morgan fingerprint density at radius 2 is 1.48 bits per heavy atom. The van der Waals surface area contributed by atoms with E-state index in [0.717, 1.165) is 17.5 Å². The average molecular weight is 332 g/mol. The highest BCUT2D eigenvalue weighted by Gasteiger charge is 2.37. The lowest BCUT2D eigenvalue weighted by atomic mass is 9.63. The van der Waals surface area contributed by atoms with Crippen LogP contribution in [0.5, 0.6) is 0 Å². The third kappa shape index (κ3) is 3.61. The fourth-order valence-corrected chi connectivity index (χ4v) is 3.69. The van der Waals surface area contributed by atoms with E-state index in [0.29, 0.717) is 0 Å². The van der Waals surface area contributed by atoms with Crippen molar-refractivity contribution in [1.82, 2.24) is 0 Å². The van der Waals surface area contributed by atoms with Crippen LogP contribution in [-0.2, 0) is 10.8 Å². The molecule has 0 atom stereocenters. The lowest BCUT2D eigenvalue weighted by Gasteiger charge is -2.42. The molecule has 25 heavy (non-hydrogen) atoms. The van der Waals surface area contributed by atoms with E-state index in [2.05, 4.69) is 58.9 Å². The van der Waals surface area contributed by atoms with Gasteiger partial charge in [-0.25, -0.2) is 0 Å². The molecule has 2 aromatic carbocycles. The summed E-state index contributed by atoms with van der Waals surface area (Å²) in [4.78, 5) is 12.7. The number of carbonyl (C=O) groups excluding carboxylic acids is 1. The number of fused-ring (bicyclic) bond motifs is 1. The van der Waals surface area contributed by atoms with Crippen molar-refractivity contribution in [1.29, 1.82) is 0 Å². The van der Waals surface area contributed by atoms with Gasteiger partial charge < -0.3 is 0 Å². The predicted octanol–water partition coefficient (Wildman–Crippen LogP) is 6.24. The highest BCUT2D eigenvalue weighted by Crippen LogP contribution is 2.45. The second kappa shape index (κ2) is 6.29. The maximum Gasteiger partial charge on any atom is 0.185 e. The van der Waals surface area contributed by atoms with Crippen LogP contribution in [0.25, 0.3) is 6.08 Å². The summed E-state index contributed by atoms with van der Waals surface area (Å²) in [7, 11) is 0. The Bertz CT molecular complexity index is 820. The zero-order valence-electron chi connectivity index (χ0n) is 16.0. The minimum Gasteiger partial charge on any atom is -0.289 e. The van der Waals surface area contributed by atoms with Gasteiger partial charge >= 0.3 is 0 Å². The number of rotatable bonds is 3. The highest BCUT2D eigenvalue weighted by molar-refractivity contribution is 6.07. The average Bonchev–Trinajstić information content (AvgIpc) is 2.58. The number of hydrogen-bond donors (Lipinski definition) is 0. The van der Waals surface area contributed by atoms with Gasteiger partial charge in [-0.1, -0.05) is 75.7 Å². The maximum atomic E-state index is 12.7. The quantitative estimate of drug-likeness (QED) is 0.480. The van der Waals surface area contributed by atoms with Crippen molar-refractivity contribution in [2.75, 3.05) is 0 Å². The van der Waals surface area contributed by atoms with Crippen molar-refractivity contribution in [2.45, 2.75) is 58.3 Å². The first kappa shape index (κ1) is 17.7. The number of carbonyl (C=O) groups is 1. The first-order chi connectivity index (χ1) is 11.7. The fourth-order valence-electron chi connectivity index (χ4n) is 3.69. The first-order valence-electron chi connectivity index (χ1n) is 9.13. The largest absolute Gasteiger partial charge is 0.289 e. The summed E-state index contributed by atoms with van der Waals surface area (Å²) >= 11 is 0. The standard InChI is InChI=1S/C24H28O/c1-17-6-8-18(9-7-17)10-13-22(25)19-11-12-20-21(16-19)24(4,5)15-14-23(20,2)3/h6-13,16H,14-15H2,1-5H3/b13-10+. The molecule has 0 amide bonds. The van der Waals surface area contributed by atoms with Crippen LogP contribution in [0.4, 0.5) is 0 Å². The van der Waals surface area contributed by atoms with E-state index in [9.17, 15) is 4.79 Å². The monoisotopic (exact) mass is 332 g/mol. The summed E-state index contributed by atoms with van der Waals surface area (Å²) < 4.78 is 0. The van der Waals surface area contributed by atoms with E-state index < -0.39 is 0 Å². The molecule has 1 aliphatic carbocycles. The van der Waals surface area contributed by atoms with Gasteiger partial charge in [0.05, 0.1) is 0 Å². The molecule has 1 heteroatoms. The van der Waals surface area contributed by atoms with Crippen molar-refractivity contribution in [3.63, 3.8) is 0 Å². The molecule has 0 saturated carbocycles. The Balaban J connectivity index is 1.91. The molecular formula is C24H28O. The number of aryl methyl sites for hydroxylation is 1. The predicted molar refractivity (Wildman–Crippen MR) is 106 cm³/mol. The molecule has 2 aromatic rings. The topological polar surface area (TPSA) is 17.1 Å². The Morgan fingerprint density at radius 1 is 0.880 bits per heavy atom. The van der Waals surface area contributed by atoms with E-state index in [1.54, 1.807) is 6.08 Å². The van der Waals surface area contributed by atoms with Gasteiger partial charge in [-0.15, -0.1) is 0 Å². The van der Waals surface area contributed by atoms with Gasteiger partial charge in [0.2, 0.25) is 0 Å². The van der Waals surface area contributed by atoms with Gasteiger partial charge in [0.1, 0.15) is 0 Å². The minimum absolute atomic E-state index is 0.0718. The lowest BCUT2D eigenvalue weighted by Crippen LogP contribution is -2.34. The molecule has 0 radical (unpaired) electrons. The summed E-state index contributed by atoms with van der Waals surface area (Å²) in [6.45, 7) is 11.3. The SMILES string of the molecule is Cc1ccc(/C=C/C(=O)c2ccc3c(c2)C(C)(C)CCC3(C)C)cc1. The van der Waals surface area contributed by atoms with E-state index in [-0.39, 0.29) is 16.6 Å². The highest BCUT2D eigenvalue weighted by atomic mass is 16.1. The number of benzene rings is 2. The van der Waals surface area contributed by atoms with Crippen molar-refractivity contribution in [2.24, 2.45) is 0 Å². The van der Waals surface area contributed by atoms with Crippen LogP contribution < -0.4 is 0 Å². The molecule has 0 aromatic heterocycles. The summed E-state index contributed by atoms with van der Waals surface area (Å²) in [6.07, 6.45) is 5.93. The maximum absolute atomic E-state index is 12.7. The third-order valence-corrected chi connectivity index (χ3v) is 5.64. The Labute approximate surface area is 151 Å². The van der Waals surface area contributed by atoms with Crippen molar-refractivity contribution >= 4 is 11.9 Å². The summed E-state index contributed by atoms with van der Waals surface area (Å²) in [5, 5.41) is 0. The van der Waals surface area contributed by atoms with Crippen LogP contribution in [0, 0.1) is 6.92 Å². The fraction of sp³-hybridized carbons (Fsp3) is 0.375. The van der Waals surface area contributed by atoms with E-state index in [4.69, 9.17) is 0 Å². The smallest absolute Gasteiger partial charge is 0.185 e. The lowest BCUT2D eigenvalue weighted by molar-refractivity contribution is 0.104. The molecule has 3 rings (SSSR count). The molecular weight excluding hydrogens is 304 g/mol. The first-order valence-corrected chi connectivity index (χ1v) is 9.13. The van der Waals surface area contributed by atoms with Crippen LogP contribution >= 0.6 is 0 Å². The molecule has 0 bridgehead atoms. The van der Waals surface area contributed by atoms with Crippen molar-refractivity contribution in [3.8, 4) is 0 Å². The van der Waals surface area contributed by atoms with E-state index in [1.807, 2.05) is 24.3 Å². The van der Waals surface area contributed by atoms with Crippen molar-refractivity contribution in [3.05, 3.63) is 76.4 Å². The Kier molecular flexibility index (Phi) is 4.45. The Hall–Kier alpha value is -2.15. The van der Waals surface area contributed by atoms with E-state index >= 15 is 0 Å². The van der Waals surface area contributed by atoms with Gasteiger partial charge in [-0.3, -0.25) is 4.79 Å². The van der Waals surface area contributed by atoms with Gasteiger partial charge in [0.25, 0.3) is 0 Å². The normalized spacial score (nSPS) is 18.1. The molecule has 0 aliphatic heterocycles. The molecule has 0 spiro atoms. The van der Waals surface area contributed by atoms with Gasteiger partial charge in [-0.05, 0) is 59.4 Å². The van der Waals surface area contributed by atoms with Crippen molar-refractivity contribution < 1.29 is 4.79 Å². The van der Waals surface area contributed by atoms with Crippen LogP contribution in [0.1, 0.15) is 73.1 Å². The van der Waals surface area contributed by atoms with Gasteiger partial charge in [0.15, 0.2) is 5.78 Å². The third-order valence-electron chi connectivity index (χ3n) is 5.64. The minimum atomic E-state index is 0.0718. The van der Waals surface area contributed by atoms with Crippen LogP contribution in [-0.4, -0.2) is 5.78 Å². The second-order valence-electron chi connectivity index (χ2n) is 8.64. The molecule has 0 saturated heterocycles. The molecule has 0 unspecified atom stereocenters. The van der Waals surface area contributed by atoms with Gasteiger partial charge in [-0.2, -0.15) is 0 Å². The number of allylic oxidation sites excluding steroid dienone is 1. The van der Waals surface area contributed by atoms with Crippen LogP contribution in [0.15, 0.2) is 48.5 Å². The Morgan fingerprint density at radius 3 is 2.12 bits per heavy atom. The molecule has 0 fully saturated rings. The number of ketones is 1. The molecule has 0 heterocycles. The summed E-state index contributed by atoms with van der Waals surface area (Å²) in [5.74, 6) is 0.0718. The molecule has 1 nitrogen and oxygen atoms in total. The van der Waals surface area contributed by atoms with E-state index in [1.165, 1.54) is 23.1 Å². The second-order valence-corrected chi connectivity index (χ2v) is 8.64. The summed E-state index contributed by atoms with van der Waals surface area (Å²) in [6, 6.07) is 14.5. The number of hydrogen-bond acceptors (Lipinski definition) is 1. The molecule has 0 N–H and O–H groups in total. The molecule has 1 aliphatic rings. The zero-order chi connectivity index (χ0) is 18.2. The van der Waals surface area contributed by atoms with Crippen LogP contribution in [0.3, 0.4) is 0 Å². The zero-order valence-corrected chi connectivity index (χ0v) is 16.0. The summed E-state index contributed by atoms with van der Waals surface area (Å²) in [5.41, 5.74) is 6.10. The van der Waals surface area contributed by atoms with Gasteiger partial charge in [0, 0.05) is 5.56 Å².